The van der Waals surface area contributed by atoms with Crippen LogP contribution in [0.2, 0.25) is 0 Å². The van der Waals surface area contributed by atoms with Gasteiger partial charge in [0.25, 0.3) is 5.72 Å². The summed E-state index contributed by atoms with van der Waals surface area (Å²) in [5, 5.41) is 13.2. The third-order valence-electron chi connectivity index (χ3n) is 6.54. The van der Waals surface area contributed by atoms with Crippen LogP contribution in [0.5, 0.6) is 11.5 Å². The SMILES string of the molecule is CCCCCC(=O)O[C@](Cc1ccc(OC(=O)OC(C)CCC)c(OC(=O)OC(C)CCC)c1)(NC(C)CC)C(=O)O. The van der Waals surface area contributed by atoms with Crippen molar-refractivity contribution in [3.05, 3.63) is 23.8 Å². The first-order valence-electron chi connectivity index (χ1n) is 15.0. The number of ether oxygens (including phenoxy) is 5. The van der Waals surface area contributed by atoms with E-state index in [-0.39, 0.29) is 36.5 Å². The van der Waals surface area contributed by atoms with Crippen molar-refractivity contribution >= 4 is 24.2 Å². The van der Waals surface area contributed by atoms with Gasteiger partial charge in [0.2, 0.25) is 0 Å². The minimum Gasteiger partial charge on any atom is -0.477 e. The summed E-state index contributed by atoms with van der Waals surface area (Å²) in [4.78, 5) is 50.3. The zero-order chi connectivity index (χ0) is 31.7. The molecule has 42 heavy (non-hydrogen) atoms. The smallest absolute Gasteiger partial charge is 0.477 e. The molecule has 0 spiro atoms. The Morgan fingerprint density at radius 2 is 1.40 bits per heavy atom. The van der Waals surface area contributed by atoms with Crippen molar-refractivity contribution in [1.82, 2.24) is 5.32 Å². The Labute approximate surface area is 249 Å². The summed E-state index contributed by atoms with van der Waals surface area (Å²) < 4.78 is 26.9. The second kappa shape index (κ2) is 19.0. The van der Waals surface area contributed by atoms with E-state index >= 15 is 0 Å². The lowest BCUT2D eigenvalue weighted by molar-refractivity contribution is -0.184. The fraction of sp³-hybridized carbons (Fsp3) is 0.677. The molecule has 3 unspecified atom stereocenters. The van der Waals surface area contributed by atoms with Crippen LogP contribution >= 0.6 is 0 Å². The minimum absolute atomic E-state index is 0.0759. The summed E-state index contributed by atoms with van der Waals surface area (Å²) in [5.74, 6) is -2.33. The zero-order valence-electron chi connectivity index (χ0n) is 26.2. The molecule has 0 saturated heterocycles. The van der Waals surface area contributed by atoms with Gasteiger partial charge in [-0.2, -0.15) is 0 Å². The molecule has 1 aromatic rings. The summed E-state index contributed by atoms with van der Waals surface area (Å²) in [5.41, 5.74) is -1.76. The average Bonchev–Trinajstić information content (AvgIpc) is 2.90. The predicted octanol–water partition coefficient (Wildman–Crippen LogP) is 6.93. The van der Waals surface area contributed by atoms with Crippen LogP contribution in [0, 0.1) is 0 Å². The molecule has 1 aromatic carbocycles. The van der Waals surface area contributed by atoms with E-state index in [2.05, 4.69) is 5.32 Å². The zero-order valence-corrected chi connectivity index (χ0v) is 26.2. The van der Waals surface area contributed by atoms with Crippen LogP contribution in [0.1, 0.15) is 112 Å². The Balaban J connectivity index is 3.41. The first-order valence-corrected chi connectivity index (χ1v) is 15.0. The maximum atomic E-state index is 12.7. The standard InChI is InChI=1S/C31H49NO10/c1-8-12-13-16-27(33)42-31(28(34)35,32-21(5)11-4)20-24-17-18-25(40-29(36)38-22(6)14-9-2)26(19-24)41-30(37)39-23(7)15-10-3/h17-19,21-23,32H,8-16,20H2,1-7H3,(H,34,35)/t21?,22?,23?,31-/m0/s1. The molecule has 0 aliphatic carbocycles. The second-order valence-electron chi connectivity index (χ2n) is 10.6. The first kappa shape index (κ1) is 36.7. The van der Waals surface area contributed by atoms with Gasteiger partial charge in [-0.05, 0) is 64.2 Å². The Morgan fingerprint density at radius 3 is 1.90 bits per heavy atom. The van der Waals surface area contributed by atoms with Crippen LogP contribution in [-0.4, -0.2) is 53.3 Å². The van der Waals surface area contributed by atoms with E-state index in [0.717, 1.165) is 25.7 Å². The Morgan fingerprint density at radius 1 is 0.833 bits per heavy atom. The van der Waals surface area contributed by atoms with Crippen molar-refractivity contribution in [2.45, 2.75) is 137 Å². The van der Waals surface area contributed by atoms with E-state index in [1.165, 1.54) is 18.2 Å². The van der Waals surface area contributed by atoms with Gasteiger partial charge in [0.05, 0.1) is 0 Å². The molecule has 0 bridgehead atoms. The summed E-state index contributed by atoms with van der Waals surface area (Å²) in [6.45, 7) is 13.0. The van der Waals surface area contributed by atoms with Crippen molar-refractivity contribution in [2.24, 2.45) is 0 Å². The maximum absolute atomic E-state index is 12.7. The number of carbonyl (C=O) groups excluding carboxylic acids is 3. The summed E-state index contributed by atoms with van der Waals surface area (Å²) in [6.07, 6.45) is 2.66. The average molecular weight is 596 g/mol. The van der Waals surface area contributed by atoms with Crippen molar-refractivity contribution in [3.8, 4) is 11.5 Å². The highest BCUT2D eigenvalue weighted by atomic mass is 16.7. The second-order valence-corrected chi connectivity index (χ2v) is 10.6. The van der Waals surface area contributed by atoms with Gasteiger partial charge in [0.1, 0.15) is 12.2 Å². The molecular formula is C31H49NO10. The number of benzene rings is 1. The lowest BCUT2D eigenvalue weighted by Gasteiger charge is -2.33. The maximum Gasteiger partial charge on any atom is 0.514 e. The van der Waals surface area contributed by atoms with E-state index in [1.807, 2.05) is 27.7 Å². The van der Waals surface area contributed by atoms with E-state index in [9.17, 15) is 24.3 Å². The van der Waals surface area contributed by atoms with E-state index in [1.54, 1.807) is 20.8 Å². The number of carboxylic acid groups (broad SMARTS) is 1. The number of nitrogens with one attached hydrogen (secondary N) is 1. The van der Waals surface area contributed by atoms with Crippen LogP contribution in [0.4, 0.5) is 9.59 Å². The van der Waals surface area contributed by atoms with Crippen LogP contribution in [-0.2, 0) is 30.2 Å². The van der Waals surface area contributed by atoms with Gasteiger partial charge in [0.15, 0.2) is 11.5 Å². The molecule has 0 saturated carbocycles. The monoisotopic (exact) mass is 595 g/mol. The Bertz CT molecular complexity index is 1010. The summed E-state index contributed by atoms with van der Waals surface area (Å²) in [7, 11) is 0. The molecule has 11 heteroatoms. The molecule has 0 heterocycles. The molecule has 1 rings (SSSR count). The molecule has 238 valence electrons. The lowest BCUT2D eigenvalue weighted by Crippen LogP contribution is -2.59. The van der Waals surface area contributed by atoms with Crippen LogP contribution < -0.4 is 14.8 Å². The molecular weight excluding hydrogens is 546 g/mol. The van der Waals surface area contributed by atoms with E-state index in [0.29, 0.717) is 31.2 Å². The number of unbranched alkanes of at least 4 members (excludes halogenated alkanes) is 2. The fourth-order valence-corrected chi connectivity index (χ4v) is 4.16. The van der Waals surface area contributed by atoms with Crippen LogP contribution in [0.3, 0.4) is 0 Å². The number of hydrogen-bond donors (Lipinski definition) is 2. The van der Waals surface area contributed by atoms with Crippen molar-refractivity contribution in [3.63, 3.8) is 0 Å². The summed E-state index contributed by atoms with van der Waals surface area (Å²) in [6, 6.07) is 3.90. The van der Waals surface area contributed by atoms with Crippen molar-refractivity contribution in [1.29, 1.82) is 0 Å². The topological polar surface area (TPSA) is 147 Å². The fourth-order valence-electron chi connectivity index (χ4n) is 4.16. The molecule has 0 amide bonds. The molecule has 11 nitrogen and oxygen atoms in total. The van der Waals surface area contributed by atoms with Crippen LogP contribution in [0.25, 0.3) is 0 Å². The Hall–Kier alpha value is -3.34. The number of aliphatic carboxylic acids is 1. The first-order chi connectivity index (χ1) is 19.9. The number of rotatable bonds is 19. The molecule has 0 fully saturated rings. The van der Waals surface area contributed by atoms with Gasteiger partial charge in [-0.25, -0.2) is 14.4 Å². The third-order valence-corrected chi connectivity index (χ3v) is 6.54. The number of carbonyl (C=O) groups is 4. The highest BCUT2D eigenvalue weighted by Gasteiger charge is 2.44. The molecule has 0 aromatic heterocycles. The molecule has 0 aliphatic rings. The van der Waals surface area contributed by atoms with Gasteiger partial charge in [0, 0.05) is 18.9 Å². The molecule has 2 N–H and O–H groups in total. The third kappa shape index (κ3) is 13.1. The normalized spacial score (nSPS) is 14.5. The quantitative estimate of drug-likeness (QED) is 0.0564. The minimum atomic E-state index is -2.09. The highest BCUT2D eigenvalue weighted by molar-refractivity contribution is 5.82. The van der Waals surface area contributed by atoms with Gasteiger partial charge in [-0.1, -0.05) is 59.4 Å². The molecule has 0 aliphatic heterocycles. The van der Waals surface area contributed by atoms with Crippen molar-refractivity contribution < 1.29 is 48.0 Å². The molecule has 4 atom stereocenters. The Kier molecular flexibility index (Phi) is 16.6. The van der Waals surface area contributed by atoms with E-state index in [4.69, 9.17) is 23.7 Å². The van der Waals surface area contributed by atoms with Gasteiger partial charge >= 0.3 is 24.2 Å². The predicted molar refractivity (Wildman–Crippen MR) is 157 cm³/mol. The number of hydrogen-bond acceptors (Lipinski definition) is 10. The summed E-state index contributed by atoms with van der Waals surface area (Å²) >= 11 is 0. The van der Waals surface area contributed by atoms with Crippen molar-refractivity contribution in [2.75, 3.05) is 0 Å². The van der Waals surface area contributed by atoms with Gasteiger partial charge < -0.3 is 28.8 Å². The van der Waals surface area contributed by atoms with Crippen LogP contribution in [0.15, 0.2) is 18.2 Å². The number of esters is 1. The molecule has 0 radical (unpaired) electrons. The van der Waals surface area contributed by atoms with Gasteiger partial charge in [-0.15, -0.1) is 0 Å². The van der Waals surface area contributed by atoms with E-state index < -0.39 is 36.1 Å². The number of carboxylic acids is 1. The largest absolute Gasteiger partial charge is 0.514 e. The highest BCUT2D eigenvalue weighted by Crippen LogP contribution is 2.32. The van der Waals surface area contributed by atoms with Gasteiger partial charge in [-0.3, -0.25) is 10.1 Å². The lowest BCUT2D eigenvalue weighted by atomic mass is 10.00.